The molecule has 7 nitrogen and oxygen atoms in total. The van der Waals surface area contributed by atoms with Gasteiger partial charge in [-0.1, -0.05) is 17.7 Å². The van der Waals surface area contributed by atoms with Gasteiger partial charge < -0.3 is 20.3 Å². The van der Waals surface area contributed by atoms with Crippen molar-refractivity contribution in [3.63, 3.8) is 0 Å². The summed E-state index contributed by atoms with van der Waals surface area (Å²) in [5.41, 5.74) is 3.43. The maximum absolute atomic E-state index is 12.5. The first-order valence-corrected chi connectivity index (χ1v) is 12.1. The summed E-state index contributed by atoms with van der Waals surface area (Å²) in [6.07, 6.45) is 3.82. The van der Waals surface area contributed by atoms with Gasteiger partial charge in [-0.15, -0.1) is 0 Å². The van der Waals surface area contributed by atoms with E-state index in [2.05, 4.69) is 26.5 Å². The van der Waals surface area contributed by atoms with Crippen LogP contribution in [-0.2, 0) is 9.59 Å². The summed E-state index contributed by atoms with van der Waals surface area (Å²) in [5.74, 6) is 0.611. The number of nitrogens with one attached hydrogen (secondary N) is 2. The summed E-state index contributed by atoms with van der Waals surface area (Å²) >= 11 is 6.04. The van der Waals surface area contributed by atoms with Gasteiger partial charge in [-0.05, 0) is 61.9 Å². The fourth-order valence-electron chi connectivity index (χ4n) is 4.27. The third-order valence-electron chi connectivity index (χ3n) is 6.07. The van der Waals surface area contributed by atoms with Gasteiger partial charge in [0.2, 0.25) is 5.91 Å². The number of carbonyl (C=O) groups excluding carboxylic acids is 2. The highest BCUT2D eigenvalue weighted by Gasteiger charge is 2.19. The van der Waals surface area contributed by atoms with Crippen molar-refractivity contribution in [2.45, 2.75) is 19.8 Å². The SMILES string of the molecule is CC(=O)Nc1cccc(N2CCN(CCCCNC(=O)C3=Cc4cc(Cl)ccc4OC3)CC2)c1. The minimum Gasteiger partial charge on any atom is -0.488 e. The molecule has 2 aliphatic rings. The molecule has 0 radical (unpaired) electrons. The van der Waals surface area contributed by atoms with Crippen LogP contribution in [0, 0.1) is 0 Å². The number of hydrogen-bond donors (Lipinski definition) is 2. The van der Waals surface area contributed by atoms with Crippen LogP contribution in [0.5, 0.6) is 5.75 Å². The van der Waals surface area contributed by atoms with Crippen LogP contribution in [0.3, 0.4) is 0 Å². The predicted octanol–water partition coefficient (Wildman–Crippen LogP) is 3.79. The second-order valence-corrected chi connectivity index (χ2v) is 9.10. The normalized spacial score (nSPS) is 15.7. The first kappa shape index (κ1) is 24.1. The zero-order valence-electron chi connectivity index (χ0n) is 19.5. The second kappa shape index (κ2) is 11.4. The van der Waals surface area contributed by atoms with Crippen LogP contribution < -0.4 is 20.3 Å². The number of fused-ring (bicyclic) bond motifs is 1. The third-order valence-corrected chi connectivity index (χ3v) is 6.30. The van der Waals surface area contributed by atoms with Gasteiger partial charge >= 0.3 is 0 Å². The molecule has 2 aromatic carbocycles. The Morgan fingerprint density at radius 1 is 1.06 bits per heavy atom. The molecule has 0 spiro atoms. The standard InChI is InChI=1S/C26H31ClN4O3/c1-19(32)29-23-5-4-6-24(17-23)31-13-11-30(12-14-31)10-3-2-9-28-26(33)21-15-20-16-22(27)7-8-25(20)34-18-21/h4-8,15-17H,2-3,9-14,18H2,1H3,(H,28,33)(H,29,32). The maximum Gasteiger partial charge on any atom is 0.250 e. The van der Waals surface area contributed by atoms with Gasteiger partial charge in [0.15, 0.2) is 0 Å². The molecule has 2 heterocycles. The minimum absolute atomic E-state index is 0.0581. The lowest BCUT2D eigenvalue weighted by atomic mass is 10.1. The van der Waals surface area contributed by atoms with Crippen LogP contribution in [0.15, 0.2) is 48.0 Å². The number of carbonyl (C=O) groups is 2. The first-order valence-electron chi connectivity index (χ1n) is 11.7. The van der Waals surface area contributed by atoms with E-state index in [-0.39, 0.29) is 18.4 Å². The van der Waals surface area contributed by atoms with Gasteiger partial charge in [-0.2, -0.15) is 0 Å². The van der Waals surface area contributed by atoms with Gasteiger partial charge in [0.25, 0.3) is 5.91 Å². The monoisotopic (exact) mass is 482 g/mol. The predicted molar refractivity (Wildman–Crippen MR) is 137 cm³/mol. The van der Waals surface area contributed by atoms with Crippen molar-refractivity contribution >= 4 is 40.9 Å². The molecule has 2 aliphatic heterocycles. The summed E-state index contributed by atoms with van der Waals surface area (Å²) in [5, 5.41) is 6.48. The molecule has 0 unspecified atom stereocenters. The lowest BCUT2D eigenvalue weighted by Gasteiger charge is -2.36. The maximum atomic E-state index is 12.5. The highest BCUT2D eigenvalue weighted by atomic mass is 35.5. The van der Waals surface area contributed by atoms with Gasteiger partial charge in [0.05, 0.1) is 5.57 Å². The van der Waals surface area contributed by atoms with Crippen LogP contribution in [0.25, 0.3) is 6.08 Å². The van der Waals surface area contributed by atoms with Crippen molar-refractivity contribution < 1.29 is 14.3 Å². The number of nitrogens with zero attached hydrogens (tertiary/aromatic N) is 2. The molecule has 34 heavy (non-hydrogen) atoms. The van der Waals surface area contributed by atoms with Crippen molar-refractivity contribution in [1.82, 2.24) is 10.2 Å². The lowest BCUT2D eigenvalue weighted by Crippen LogP contribution is -2.46. The van der Waals surface area contributed by atoms with Gasteiger partial charge in [-0.25, -0.2) is 0 Å². The van der Waals surface area contributed by atoms with Crippen molar-refractivity contribution in [2.24, 2.45) is 0 Å². The Balaban J connectivity index is 1.14. The molecule has 2 amide bonds. The van der Waals surface area contributed by atoms with E-state index in [1.807, 2.05) is 36.4 Å². The zero-order valence-corrected chi connectivity index (χ0v) is 20.2. The van der Waals surface area contributed by atoms with Crippen molar-refractivity contribution in [3.8, 4) is 5.75 Å². The number of benzene rings is 2. The topological polar surface area (TPSA) is 73.9 Å². The molecule has 0 aromatic heterocycles. The van der Waals surface area contributed by atoms with E-state index < -0.39 is 0 Å². The molecule has 0 atom stereocenters. The van der Waals surface area contributed by atoms with E-state index in [0.717, 1.165) is 68.3 Å². The van der Waals surface area contributed by atoms with E-state index in [1.54, 1.807) is 6.07 Å². The average molecular weight is 483 g/mol. The average Bonchev–Trinajstić information content (AvgIpc) is 2.83. The van der Waals surface area contributed by atoms with Crippen molar-refractivity contribution in [3.05, 3.63) is 58.6 Å². The molecule has 8 heteroatoms. The highest BCUT2D eigenvalue weighted by molar-refractivity contribution is 6.30. The highest BCUT2D eigenvalue weighted by Crippen LogP contribution is 2.29. The van der Waals surface area contributed by atoms with Crippen LogP contribution in [-0.4, -0.2) is 62.6 Å². The number of hydrogen-bond acceptors (Lipinski definition) is 5. The molecule has 180 valence electrons. The van der Waals surface area contributed by atoms with E-state index in [0.29, 0.717) is 17.1 Å². The minimum atomic E-state index is -0.0827. The molecule has 1 fully saturated rings. The molecule has 2 N–H and O–H groups in total. The van der Waals surface area contributed by atoms with Crippen LogP contribution in [0.1, 0.15) is 25.3 Å². The molecule has 0 saturated carbocycles. The Morgan fingerprint density at radius 2 is 1.88 bits per heavy atom. The van der Waals surface area contributed by atoms with Gasteiger partial charge in [0, 0.05) is 61.6 Å². The molecule has 2 aromatic rings. The number of amides is 2. The Labute approximate surface area is 205 Å². The van der Waals surface area contributed by atoms with Gasteiger partial charge in [-0.3, -0.25) is 14.5 Å². The number of ether oxygens (including phenoxy) is 1. The quantitative estimate of drug-likeness (QED) is 0.560. The Hall–Kier alpha value is -3.03. The summed E-state index contributed by atoms with van der Waals surface area (Å²) in [7, 11) is 0. The molecule has 0 aliphatic carbocycles. The molecule has 4 rings (SSSR count). The van der Waals surface area contributed by atoms with Crippen molar-refractivity contribution in [2.75, 3.05) is 56.1 Å². The zero-order chi connectivity index (χ0) is 23.9. The van der Waals surface area contributed by atoms with Crippen LogP contribution in [0.4, 0.5) is 11.4 Å². The number of piperazine rings is 1. The third kappa shape index (κ3) is 6.52. The Kier molecular flexibility index (Phi) is 8.08. The van der Waals surface area contributed by atoms with E-state index in [4.69, 9.17) is 16.3 Å². The second-order valence-electron chi connectivity index (χ2n) is 8.66. The summed E-state index contributed by atoms with van der Waals surface area (Å²) in [6, 6.07) is 13.4. The largest absolute Gasteiger partial charge is 0.488 e. The first-order chi connectivity index (χ1) is 16.5. The van der Waals surface area contributed by atoms with Crippen LogP contribution >= 0.6 is 11.6 Å². The molecular formula is C26H31ClN4O3. The summed E-state index contributed by atoms with van der Waals surface area (Å²) in [4.78, 5) is 28.6. The number of halogens is 1. The fourth-order valence-corrected chi connectivity index (χ4v) is 4.45. The summed E-state index contributed by atoms with van der Waals surface area (Å²) in [6.45, 7) is 7.39. The van der Waals surface area contributed by atoms with Gasteiger partial charge in [0.1, 0.15) is 12.4 Å². The number of unbranched alkanes of at least 4 members (excludes halogenated alkanes) is 1. The molecular weight excluding hydrogens is 452 g/mol. The van der Waals surface area contributed by atoms with Crippen molar-refractivity contribution in [1.29, 1.82) is 0 Å². The van der Waals surface area contributed by atoms with E-state index in [1.165, 1.54) is 6.92 Å². The molecule has 1 saturated heterocycles. The van der Waals surface area contributed by atoms with E-state index >= 15 is 0 Å². The number of anilines is 2. The molecule has 0 bridgehead atoms. The number of rotatable bonds is 8. The Bertz CT molecular complexity index is 1060. The Morgan fingerprint density at radius 3 is 2.68 bits per heavy atom. The summed E-state index contributed by atoms with van der Waals surface area (Å²) < 4.78 is 5.67. The smallest absolute Gasteiger partial charge is 0.250 e. The van der Waals surface area contributed by atoms with E-state index in [9.17, 15) is 9.59 Å². The van der Waals surface area contributed by atoms with Crippen LogP contribution in [0.2, 0.25) is 5.02 Å². The fraction of sp³-hybridized carbons (Fsp3) is 0.385. The lowest BCUT2D eigenvalue weighted by molar-refractivity contribution is -0.118.